The van der Waals surface area contributed by atoms with Crippen LogP contribution in [0.3, 0.4) is 0 Å². The number of aliphatic imine (C=N–C) groups is 1. The molecule has 2 rings (SSSR count). The van der Waals surface area contributed by atoms with Gasteiger partial charge in [-0.15, -0.1) is 0 Å². The molecule has 6 nitrogen and oxygen atoms in total. The highest BCUT2D eigenvalue weighted by Crippen LogP contribution is 2.33. The van der Waals surface area contributed by atoms with Crippen molar-refractivity contribution < 1.29 is 34.8 Å². The molecule has 0 spiro atoms. The van der Waals surface area contributed by atoms with Crippen molar-refractivity contribution in [3.8, 4) is 11.5 Å². The van der Waals surface area contributed by atoms with Gasteiger partial charge in [0.15, 0.2) is 15.7 Å². The second kappa shape index (κ2) is 8.65. The van der Waals surface area contributed by atoms with E-state index in [1.165, 1.54) is 18.5 Å². The lowest BCUT2D eigenvalue weighted by molar-refractivity contribution is -0.138. The van der Waals surface area contributed by atoms with Crippen LogP contribution in [0.1, 0.15) is 19.4 Å². The van der Waals surface area contributed by atoms with E-state index in [9.17, 15) is 34.8 Å². The highest BCUT2D eigenvalue weighted by atomic mass is 32.2. The van der Waals surface area contributed by atoms with E-state index in [-0.39, 0.29) is 27.3 Å². The minimum Gasteiger partial charge on any atom is -0.325 e. The Morgan fingerprint density at radius 3 is 2.42 bits per heavy atom. The number of hydrogen-bond acceptors (Lipinski definition) is 6. The fraction of sp³-hybridized carbons (Fsp3) is 0.353. The Morgan fingerprint density at radius 1 is 1.29 bits per heavy atom. The summed E-state index contributed by atoms with van der Waals surface area (Å²) in [6.07, 6.45) is -3.29. The van der Waals surface area contributed by atoms with E-state index in [0.29, 0.717) is 12.3 Å². The van der Waals surface area contributed by atoms with Crippen molar-refractivity contribution in [1.29, 1.82) is 0 Å². The summed E-state index contributed by atoms with van der Waals surface area (Å²) >= 11 is -0.426. The van der Waals surface area contributed by atoms with Gasteiger partial charge in [0, 0.05) is 25.0 Å². The van der Waals surface area contributed by atoms with Gasteiger partial charge in [0.05, 0.1) is 38.2 Å². The smallest absolute Gasteiger partial charge is 0.325 e. The lowest BCUT2D eigenvalue weighted by atomic mass is 10.2. The Kier molecular flexibility index (Phi) is 6.95. The molecule has 31 heavy (non-hydrogen) atoms. The predicted octanol–water partition coefficient (Wildman–Crippen LogP) is 3.11. The van der Waals surface area contributed by atoms with Crippen LogP contribution in [0, 0.1) is 0 Å². The highest BCUT2D eigenvalue weighted by Gasteiger charge is 2.34. The largest absolute Gasteiger partial charge is 0.447 e. The predicted molar refractivity (Wildman–Crippen MR) is 105 cm³/mol. The van der Waals surface area contributed by atoms with Crippen molar-refractivity contribution in [3.05, 3.63) is 28.5 Å². The van der Waals surface area contributed by atoms with Crippen LogP contribution in [-0.4, -0.2) is 39.3 Å². The molecule has 14 heteroatoms. The first kappa shape index (κ1) is 24.9. The van der Waals surface area contributed by atoms with Gasteiger partial charge in [0.2, 0.25) is 0 Å². The van der Waals surface area contributed by atoms with Crippen molar-refractivity contribution in [1.82, 2.24) is 14.5 Å². The van der Waals surface area contributed by atoms with Crippen molar-refractivity contribution in [2.45, 2.75) is 30.4 Å². The van der Waals surface area contributed by atoms with Gasteiger partial charge in [0.25, 0.3) is 0 Å². The van der Waals surface area contributed by atoms with Gasteiger partial charge in [-0.25, -0.2) is 13.4 Å². The van der Waals surface area contributed by atoms with Crippen molar-refractivity contribution in [3.63, 3.8) is 0 Å². The Bertz CT molecular complexity index is 1230. The summed E-state index contributed by atoms with van der Waals surface area (Å²) in [6, 6.07) is 0.476. The number of aromatic nitrogens is 3. The van der Waals surface area contributed by atoms with Gasteiger partial charge >= 0.3 is 11.7 Å². The summed E-state index contributed by atoms with van der Waals surface area (Å²) in [5.41, 5.74) is -6.12. The molecule has 0 aromatic carbocycles. The molecule has 0 N–H and O–H groups in total. The van der Waals surface area contributed by atoms with Crippen LogP contribution in [-0.2, 0) is 23.1 Å². The molecule has 0 radical (unpaired) electrons. The average Bonchev–Trinajstić information content (AvgIpc) is 2.91. The van der Waals surface area contributed by atoms with Crippen molar-refractivity contribution >= 4 is 39.4 Å². The Balaban J connectivity index is 2.71. The summed E-state index contributed by atoms with van der Waals surface area (Å²) < 4.78 is 103. The van der Waals surface area contributed by atoms with Crippen LogP contribution < -0.4 is 10.7 Å². The number of hydrogen-bond donors (Lipinski definition) is 0. The van der Waals surface area contributed by atoms with Gasteiger partial charge in [-0.05, 0) is 13.0 Å². The van der Waals surface area contributed by atoms with E-state index in [2.05, 4.69) is 21.5 Å². The molecule has 2 aromatic heterocycles. The maximum absolute atomic E-state index is 13.1. The monoisotopic (exact) mass is 486 g/mol. The van der Waals surface area contributed by atoms with Gasteiger partial charge in [-0.2, -0.15) is 26.3 Å². The number of thioether (sulfide) groups is 1. The maximum atomic E-state index is 13.1. The normalized spacial score (nSPS) is 14.4. The molecule has 170 valence electrons. The number of rotatable bonds is 4. The molecule has 0 saturated heterocycles. The Morgan fingerprint density at radius 2 is 1.90 bits per heavy atom. The first-order valence-corrected chi connectivity index (χ1v) is 10.9. The molecule has 0 fully saturated rings. The summed E-state index contributed by atoms with van der Waals surface area (Å²) in [5, 5.41) is -0.178. The third-order valence-corrected chi connectivity index (χ3v) is 6.33. The van der Waals surface area contributed by atoms with E-state index in [0.717, 1.165) is 13.1 Å². The lowest BCUT2D eigenvalue weighted by Gasteiger charge is -2.12. The van der Waals surface area contributed by atoms with Crippen LogP contribution in [0.4, 0.5) is 26.3 Å². The maximum Gasteiger partial charge on any atom is 0.447 e. The number of sulfone groups is 1. The van der Waals surface area contributed by atoms with E-state index in [1.807, 2.05) is 0 Å². The number of nitrogens with zero attached hydrogens (tertiary/aromatic N) is 4. The van der Waals surface area contributed by atoms with Crippen molar-refractivity contribution in [2.75, 3.05) is 5.75 Å². The summed E-state index contributed by atoms with van der Waals surface area (Å²) in [7, 11) is -2.75. The molecule has 2 aromatic rings. The molecule has 0 saturated carbocycles. The van der Waals surface area contributed by atoms with E-state index >= 15 is 0 Å². The van der Waals surface area contributed by atoms with E-state index in [4.69, 9.17) is 0 Å². The van der Waals surface area contributed by atoms with Crippen molar-refractivity contribution in [2.24, 2.45) is 12.0 Å². The molecule has 2 heterocycles. The van der Waals surface area contributed by atoms with Crippen LogP contribution in [0.15, 0.2) is 22.2 Å². The summed E-state index contributed by atoms with van der Waals surface area (Å²) in [4.78, 5) is 10.7. The second-order valence-corrected chi connectivity index (χ2v) is 9.63. The molecular formula is C17H16F6N4O2S2. The fourth-order valence-electron chi connectivity index (χ4n) is 2.45. The third kappa shape index (κ3) is 5.87. The number of alkyl halides is 6. The number of pyridine rings is 1. The Hall–Kier alpha value is -2.35. The van der Waals surface area contributed by atoms with Gasteiger partial charge in [0.1, 0.15) is 5.69 Å². The molecule has 0 aliphatic heterocycles. The fourth-order valence-corrected chi connectivity index (χ4v) is 3.94. The number of imidazole rings is 1. The molecular weight excluding hydrogens is 470 g/mol. The van der Waals surface area contributed by atoms with Crippen LogP contribution in [0.25, 0.3) is 24.3 Å². The molecule has 0 amide bonds. The molecule has 0 bridgehead atoms. The van der Waals surface area contributed by atoms with Gasteiger partial charge in [-0.3, -0.25) is 9.98 Å². The zero-order chi connectivity index (χ0) is 23.8. The first-order chi connectivity index (χ1) is 14.1. The third-order valence-electron chi connectivity index (χ3n) is 3.95. The lowest BCUT2D eigenvalue weighted by Crippen LogP contribution is -2.27. The SMILES string of the molecule is C=c1nc(-c2ncc(C(F)(F)F)cc2S(=O)(=O)CC)n(C)/c1=C/N=C(C)SC(F)(F)F. The Labute approximate surface area is 177 Å². The van der Waals surface area contributed by atoms with Gasteiger partial charge < -0.3 is 4.57 Å². The van der Waals surface area contributed by atoms with Crippen LogP contribution in [0.5, 0.6) is 0 Å². The minimum absolute atomic E-state index is 0.0209. The minimum atomic E-state index is -4.82. The first-order valence-electron chi connectivity index (χ1n) is 8.39. The molecule has 0 aliphatic carbocycles. The van der Waals surface area contributed by atoms with Gasteiger partial charge in [-0.1, -0.05) is 13.5 Å². The van der Waals surface area contributed by atoms with E-state index in [1.54, 1.807) is 0 Å². The average molecular weight is 486 g/mol. The zero-order valence-electron chi connectivity index (χ0n) is 16.3. The quantitative estimate of drug-likeness (QED) is 0.377. The standard InChI is InChI=1S/C17H16F6N4O2S2/c1-5-31(28,29)13-6-11(16(18,19)20)7-25-14(13)15-26-9(2)12(27(15)4)8-24-10(3)30-17(21,22)23/h6-8H,2,5H2,1,3-4H3/b12-8+,24-10?. The topological polar surface area (TPSA) is 77.2 Å². The number of halogens is 6. The van der Waals surface area contributed by atoms with Crippen LogP contribution in [0.2, 0.25) is 0 Å². The van der Waals surface area contributed by atoms with Crippen LogP contribution >= 0.6 is 11.8 Å². The molecule has 0 atom stereocenters. The molecule has 0 unspecified atom stereocenters. The second-order valence-electron chi connectivity index (χ2n) is 6.12. The molecule has 0 aliphatic rings. The summed E-state index contributed by atoms with van der Waals surface area (Å²) in [6.45, 7) is 6.03. The summed E-state index contributed by atoms with van der Waals surface area (Å²) in [5.74, 6) is -0.616. The zero-order valence-corrected chi connectivity index (χ0v) is 18.0. The van der Waals surface area contributed by atoms with E-state index < -0.39 is 49.5 Å². The highest BCUT2D eigenvalue weighted by molar-refractivity contribution is 8.14.